The van der Waals surface area contributed by atoms with E-state index < -0.39 is 0 Å². The molecule has 0 bridgehead atoms. The maximum absolute atomic E-state index is 9.63. The Labute approximate surface area is 130 Å². The highest BCUT2D eigenvalue weighted by atomic mass is 35.5. The van der Waals surface area contributed by atoms with E-state index >= 15 is 0 Å². The number of aliphatic hydroxyl groups excluding tert-OH is 1. The lowest BCUT2D eigenvalue weighted by atomic mass is 9.96. The van der Waals surface area contributed by atoms with Crippen molar-refractivity contribution in [2.75, 3.05) is 39.3 Å². The SMILES string of the molecule is OC[C@@H]1CN(Cc2ccc(Cl)s2)C[C@@H]1CN1CCCC1. The van der Waals surface area contributed by atoms with Gasteiger partial charge in [0.15, 0.2) is 0 Å². The van der Waals surface area contributed by atoms with Crippen molar-refractivity contribution in [3.05, 3.63) is 21.3 Å². The van der Waals surface area contributed by atoms with Crippen LogP contribution < -0.4 is 0 Å². The van der Waals surface area contributed by atoms with Gasteiger partial charge >= 0.3 is 0 Å². The Morgan fingerprint density at radius 3 is 2.55 bits per heavy atom. The molecule has 0 saturated carbocycles. The fourth-order valence-electron chi connectivity index (χ4n) is 3.53. The Hall–Kier alpha value is -0.130. The van der Waals surface area contributed by atoms with Crippen LogP contribution in [0.5, 0.6) is 0 Å². The maximum Gasteiger partial charge on any atom is 0.0931 e. The number of aliphatic hydroxyl groups is 1. The predicted molar refractivity (Wildman–Crippen MR) is 84.3 cm³/mol. The van der Waals surface area contributed by atoms with Crippen LogP contribution in [0.25, 0.3) is 0 Å². The van der Waals surface area contributed by atoms with Crippen molar-refractivity contribution in [1.82, 2.24) is 9.80 Å². The summed E-state index contributed by atoms with van der Waals surface area (Å²) in [6.07, 6.45) is 2.68. The lowest BCUT2D eigenvalue weighted by molar-refractivity contribution is 0.175. The molecule has 112 valence electrons. The molecule has 0 unspecified atom stereocenters. The van der Waals surface area contributed by atoms with Crippen molar-refractivity contribution in [2.24, 2.45) is 11.8 Å². The molecule has 0 spiro atoms. The number of hydrogen-bond donors (Lipinski definition) is 1. The average molecular weight is 315 g/mol. The van der Waals surface area contributed by atoms with Crippen LogP contribution in [-0.2, 0) is 6.54 Å². The molecule has 1 aromatic heterocycles. The van der Waals surface area contributed by atoms with Gasteiger partial charge in [0.25, 0.3) is 0 Å². The molecule has 2 fully saturated rings. The van der Waals surface area contributed by atoms with E-state index in [9.17, 15) is 5.11 Å². The first-order valence-electron chi connectivity index (χ1n) is 7.54. The molecule has 20 heavy (non-hydrogen) atoms. The van der Waals surface area contributed by atoms with E-state index in [2.05, 4.69) is 15.9 Å². The molecule has 5 heteroatoms. The van der Waals surface area contributed by atoms with Crippen molar-refractivity contribution >= 4 is 22.9 Å². The van der Waals surface area contributed by atoms with Gasteiger partial charge in [0.1, 0.15) is 0 Å². The molecule has 3 nitrogen and oxygen atoms in total. The molecule has 0 aliphatic carbocycles. The summed E-state index contributed by atoms with van der Waals surface area (Å²) >= 11 is 7.67. The normalized spacial score (nSPS) is 28.5. The second-order valence-corrected chi connectivity index (χ2v) is 7.91. The third-order valence-corrected chi connectivity index (χ3v) is 5.80. The fraction of sp³-hybridized carbons (Fsp3) is 0.733. The van der Waals surface area contributed by atoms with Crippen LogP contribution >= 0.6 is 22.9 Å². The van der Waals surface area contributed by atoms with Gasteiger partial charge in [0, 0.05) is 37.7 Å². The standard InChI is InChI=1S/C15H23ClN2OS/c16-15-4-3-14(20-15)10-18-8-12(13(9-18)11-19)7-17-5-1-2-6-17/h3-4,12-13,19H,1-2,5-11H2/t12-,13-/m0/s1. The second-order valence-electron chi connectivity index (χ2n) is 6.11. The van der Waals surface area contributed by atoms with Gasteiger partial charge in [-0.15, -0.1) is 11.3 Å². The highest BCUT2D eigenvalue weighted by molar-refractivity contribution is 7.16. The number of thiophene rings is 1. The van der Waals surface area contributed by atoms with Crippen LogP contribution in [0.3, 0.4) is 0 Å². The van der Waals surface area contributed by atoms with E-state index in [1.807, 2.05) is 6.07 Å². The summed E-state index contributed by atoms with van der Waals surface area (Å²) < 4.78 is 0.867. The van der Waals surface area contributed by atoms with Gasteiger partial charge in [-0.05, 0) is 49.9 Å². The first-order valence-corrected chi connectivity index (χ1v) is 8.74. The molecule has 2 saturated heterocycles. The van der Waals surface area contributed by atoms with E-state index in [4.69, 9.17) is 11.6 Å². The van der Waals surface area contributed by atoms with Crippen LogP contribution in [0.15, 0.2) is 12.1 Å². The van der Waals surface area contributed by atoms with Crippen molar-refractivity contribution in [3.63, 3.8) is 0 Å². The van der Waals surface area contributed by atoms with Crippen LogP contribution in [0.1, 0.15) is 17.7 Å². The van der Waals surface area contributed by atoms with Crippen molar-refractivity contribution in [2.45, 2.75) is 19.4 Å². The summed E-state index contributed by atoms with van der Waals surface area (Å²) in [5.41, 5.74) is 0. The lowest BCUT2D eigenvalue weighted by Gasteiger charge is -2.23. The molecule has 3 rings (SSSR count). The average Bonchev–Trinajstić information content (AvgIpc) is 3.13. The molecule has 1 N–H and O–H groups in total. The minimum absolute atomic E-state index is 0.320. The van der Waals surface area contributed by atoms with Crippen molar-refractivity contribution in [1.29, 1.82) is 0 Å². The predicted octanol–water partition coefficient (Wildman–Crippen LogP) is 2.54. The molecule has 0 radical (unpaired) electrons. The van der Waals surface area contributed by atoms with E-state index in [0.717, 1.165) is 30.5 Å². The Morgan fingerprint density at radius 1 is 1.15 bits per heavy atom. The Morgan fingerprint density at radius 2 is 1.90 bits per heavy atom. The molecule has 3 heterocycles. The van der Waals surface area contributed by atoms with Crippen LogP contribution in [0, 0.1) is 11.8 Å². The van der Waals surface area contributed by atoms with Crippen LogP contribution in [0.4, 0.5) is 0 Å². The number of nitrogens with zero attached hydrogens (tertiary/aromatic N) is 2. The first kappa shape index (κ1) is 14.8. The van der Waals surface area contributed by atoms with E-state index in [1.165, 1.54) is 30.8 Å². The number of halogens is 1. The molecule has 2 atom stereocenters. The minimum atomic E-state index is 0.320. The molecule has 2 aliphatic heterocycles. The highest BCUT2D eigenvalue weighted by Gasteiger charge is 2.33. The van der Waals surface area contributed by atoms with Gasteiger partial charge in [-0.3, -0.25) is 4.90 Å². The summed E-state index contributed by atoms with van der Waals surface area (Å²) in [4.78, 5) is 6.37. The van der Waals surface area contributed by atoms with E-state index in [-0.39, 0.29) is 0 Å². The van der Waals surface area contributed by atoms with E-state index in [0.29, 0.717) is 18.4 Å². The van der Waals surface area contributed by atoms with Gasteiger partial charge in [-0.2, -0.15) is 0 Å². The van der Waals surface area contributed by atoms with Gasteiger partial charge in [-0.25, -0.2) is 0 Å². The topological polar surface area (TPSA) is 26.7 Å². The summed E-state index contributed by atoms with van der Waals surface area (Å²) in [5.74, 6) is 1.06. The fourth-order valence-corrected chi connectivity index (χ4v) is 4.66. The maximum atomic E-state index is 9.63. The second kappa shape index (κ2) is 6.75. The number of rotatable bonds is 5. The van der Waals surface area contributed by atoms with Gasteiger partial charge in [0.05, 0.1) is 4.34 Å². The van der Waals surface area contributed by atoms with Crippen molar-refractivity contribution in [3.8, 4) is 0 Å². The van der Waals surface area contributed by atoms with E-state index in [1.54, 1.807) is 11.3 Å². The van der Waals surface area contributed by atoms with Crippen LogP contribution in [-0.4, -0.2) is 54.2 Å². The zero-order chi connectivity index (χ0) is 13.9. The summed E-state index contributed by atoms with van der Waals surface area (Å²) in [7, 11) is 0. The molecule has 0 aromatic carbocycles. The largest absolute Gasteiger partial charge is 0.396 e. The smallest absolute Gasteiger partial charge is 0.0931 e. The summed E-state index contributed by atoms with van der Waals surface area (Å²) in [5, 5.41) is 9.63. The molecule has 1 aromatic rings. The third-order valence-electron chi connectivity index (χ3n) is 4.59. The Kier molecular flexibility index (Phi) is 5.00. The van der Waals surface area contributed by atoms with Gasteiger partial charge in [-0.1, -0.05) is 11.6 Å². The monoisotopic (exact) mass is 314 g/mol. The minimum Gasteiger partial charge on any atom is -0.396 e. The Bertz CT molecular complexity index is 433. The molecular weight excluding hydrogens is 292 g/mol. The summed E-state index contributed by atoms with van der Waals surface area (Å²) in [6.45, 7) is 7.07. The number of hydrogen-bond acceptors (Lipinski definition) is 4. The van der Waals surface area contributed by atoms with Gasteiger partial charge in [0.2, 0.25) is 0 Å². The van der Waals surface area contributed by atoms with Crippen molar-refractivity contribution < 1.29 is 5.11 Å². The molecular formula is C15H23ClN2OS. The lowest BCUT2D eigenvalue weighted by Crippen LogP contribution is -2.31. The summed E-state index contributed by atoms with van der Waals surface area (Å²) in [6, 6.07) is 4.09. The molecule has 2 aliphatic rings. The zero-order valence-corrected chi connectivity index (χ0v) is 13.4. The highest BCUT2D eigenvalue weighted by Crippen LogP contribution is 2.29. The van der Waals surface area contributed by atoms with Gasteiger partial charge < -0.3 is 10.0 Å². The zero-order valence-electron chi connectivity index (χ0n) is 11.8. The van der Waals surface area contributed by atoms with Crippen LogP contribution in [0.2, 0.25) is 4.34 Å². The quantitative estimate of drug-likeness (QED) is 0.905. The molecule has 0 amide bonds. The third kappa shape index (κ3) is 3.55. The number of likely N-dealkylation sites (tertiary alicyclic amines) is 2. The first-order chi connectivity index (χ1) is 9.74. The Balaban J connectivity index is 1.55.